The third-order valence-corrected chi connectivity index (χ3v) is 2.98. The number of carbonyl (C=O) groups is 1. The van der Waals surface area contributed by atoms with Crippen LogP contribution in [0.15, 0.2) is 30.3 Å². The summed E-state index contributed by atoms with van der Waals surface area (Å²) in [7, 11) is 0. The number of hydrogen-bond acceptors (Lipinski definition) is 2. The van der Waals surface area contributed by atoms with E-state index in [1.165, 1.54) is 17.3 Å². The summed E-state index contributed by atoms with van der Waals surface area (Å²) in [6.45, 7) is 3.76. The van der Waals surface area contributed by atoms with Gasteiger partial charge in [0.1, 0.15) is 0 Å². The summed E-state index contributed by atoms with van der Waals surface area (Å²) in [6, 6.07) is 10.3. The first kappa shape index (κ1) is 10.3. The summed E-state index contributed by atoms with van der Waals surface area (Å²) < 4.78 is 0. The molecule has 0 amide bonds. The Balaban J connectivity index is 2.49. The first-order chi connectivity index (χ1) is 6.20. The quantitative estimate of drug-likeness (QED) is 0.735. The van der Waals surface area contributed by atoms with Gasteiger partial charge >= 0.3 is 0 Å². The lowest BCUT2D eigenvalue weighted by atomic mass is 10.0. The Labute approximate surface area is 83.5 Å². The van der Waals surface area contributed by atoms with Gasteiger partial charge in [0.15, 0.2) is 5.12 Å². The van der Waals surface area contributed by atoms with Gasteiger partial charge in [0, 0.05) is 12.7 Å². The molecule has 70 valence electrons. The molecular formula is C11H14OS. The highest BCUT2D eigenvalue weighted by Crippen LogP contribution is 2.19. The average Bonchev–Trinajstić information content (AvgIpc) is 2.15. The molecule has 0 spiro atoms. The van der Waals surface area contributed by atoms with E-state index in [0.29, 0.717) is 5.92 Å². The maximum Gasteiger partial charge on any atom is 0.185 e. The molecule has 0 bridgehead atoms. The molecule has 0 aliphatic heterocycles. The smallest absolute Gasteiger partial charge is 0.185 e. The maximum atomic E-state index is 10.7. The van der Waals surface area contributed by atoms with Crippen molar-refractivity contribution in [2.24, 2.45) is 0 Å². The third-order valence-electron chi connectivity index (χ3n) is 1.91. The maximum absolute atomic E-state index is 10.7. The van der Waals surface area contributed by atoms with Gasteiger partial charge in [-0.05, 0) is 11.5 Å². The van der Waals surface area contributed by atoms with Gasteiger partial charge in [-0.15, -0.1) is 0 Å². The van der Waals surface area contributed by atoms with Crippen molar-refractivity contribution in [2.75, 3.05) is 5.75 Å². The Morgan fingerprint density at radius 1 is 1.38 bits per heavy atom. The molecule has 2 heteroatoms. The molecular weight excluding hydrogens is 180 g/mol. The Morgan fingerprint density at radius 3 is 2.54 bits per heavy atom. The van der Waals surface area contributed by atoms with Gasteiger partial charge in [-0.25, -0.2) is 0 Å². The van der Waals surface area contributed by atoms with Crippen LogP contribution in [0.2, 0.25) is 0 Å². The molecule has 1 atom stereocenters. The van der Waals surface area contributed by atoms with Gasteiger partial charge < -0.3 is 0 Å². The number of rotatable bonds is 3. The molecule has 1 unspecified atom stereocenters. The van der Waals surface area contributed by atoms with Crippen LogP contribution >= 0.6 is 11.8 Å². The summed E-state index contributed by atoms with van der Waals surface area (Å²) in [5.74, 6) is 1.33. The number of benzene rings is 1. The van der Waals surface area contributed by atoms with Gasteiger partial charge in [0.05, 0.1) is 0 Å². The number of hydrogen-bond donors (Lipinski definition) is 0. The molecule has 0 aromatic heterocycles. The van der Waals surface area contributed by atoms with E-state index < -0.39 is 0 Å². The van der Waals surface area contributed by atoms with E-state index >= 15 is 0 Å². The summed E-state index contributed by atoms with van der Waals surface area (Å²) in [6.07, 6.45) is 0. The van der Waals surface area contributed by atoms with Crippen molar-refractivity contribution in [1.29, 1.82) is 0 Å². The lowest BCUT2D eigenvalue weighted by Gasteiger charge is -2.09. The fourth-order valence-corrected chi connectivity index (χ4v) is 1.80. The van der Waals surface area contributed by atoms with E-state index in [-0.39, 0.29) is 5.12 Å². The van der Waals surface area contributed by atoms with Crippen molar-refractivity contribution in [1.82, 2.24) is 0 Å². The molecule has 0 radical (unpaired) electrons. The second kappa shape index (κ2) is 5.07. The van der Waals surface area contributed by atoms with Crippen molar-refractivity contribution in [3.8, 4) is 0 Å². The first-order valence-corrected chi connectivity index (χ1v) is 5.37. The Bertz CT molecular complexity index is 269. The van der Waals surface area contributed by atoms with Crippen LogP contribution in [0.3, 0.4) is 0 Å². The van der Waals surface area contributed by atoms with Crippen molar-refractivity contribution in [2.45, 2.75) is 19.8 Å². The van der Waals surface area contributed by atoms with Crippen LogP contribution in [0, 0.1) is 0 Å². The van der Waals surface area contributed by atoms with Crippen molar-refractivity contribution in [3.63, 3.8) is 0 Å². The van der Waals surface area contributed by atoms with Crippen LogP contribution in [-0.2, 0) is 4.79 Å². The third kappa shape index (κ3) is 3.64. The predicted molar refractivity (Wildman–Crippen MR) is 58.0 cm³/mol. The molecule has 13 heavy (non-hydrogen) atoms. The SMILES string of the molecule is CC(=O)SCC(C)c1ccccc1. The molecule has 1 aromatic rings. The largest absolute Gasteiger partial charge is 0.288 e. The van der Waals surface area contributed by atoms with Crippen molar-refractivity contribution < 1.29 is 4.79 Å². The normalized spacial score (nSPS) is 12.5. The molecule has 1 nitrogen and oxygen atoms in total. The van der Waals surface area contributed by atoms with Crippen LogP contribution < -0.4 is 0 Å². The van der Waals surface area contributed by atoms with Crippen molar-refractivity contribution in [3.05, 3.63) is 35.9 Å². The zero-order valence-corrected chi connectivity index (χ0v) is 8.80. The first-order valence-electron chi connectivity index (χ1n) is 4.38. The lowest BCUT2D eigenvalue weighted by Crippen LogP contribution is -1.98. The van der Waals surface area contributed by atoms with Gasteiger partial charge in [0.2, 0.25) is 0 Å². The highest BCUT2D eigenvalue weighted by Gasteiger charge is 2.05. The predicted octanol–water partition coefficient (Wildman–Crippen LogP) is 3.07. The topological polar surface area (TPSA) is 17.1 Å². The Kier molecular flexibility index (Phi) is 4.03. The van der Waals surface area contributed by atoms with Crippen LogP contribution in [0.1, 0.15) is 25.3 Å². The molecule has 1 rings (SSSR count). The van der Waals surface area contributed by atoms with Crippen LogP contribution in [0.25, 0.3) is 0 Å². The Morgan fingerprint density at radius 2 is 2.00 bits per heavy atom. The van der Waals surface area contributed by atoms with Gasteiger partial charge in [-0.3, -0.25) is 4.79 Å². The summed E-state index contributed by atoms with van der Waals surface area (Å²) in [5, 5.41) is 0.197. The lowest BCUT2D eigenvalue weighted by molar-refractivity contribution is -0.109. The van der Waals surface area contributed by atoms with E-state index in [2.05, 4.69) is 19.1 Å². The molecule has 0 heterocycles. The highest BCUT2D eigenvalue weighted by molar-refractivity contribution is 8.13. The number of thioether (sulfide) groups is 1. The summed E-state index contributed by atoms with van der Waals surface area (Å²) in [4.78, 5) is 10.7. The summed E-state index contributed by atoms with van der Waals surface area (Å²) >= 11 is 1.40. The van der Waals surface area contributed by atoms with Crippen LogP contribution in [-0.4, -0.2) is 10.9 Å². The Hall–Kier alpha value is -0.760. The van der Waals surface area contributed by atoms with Gasteiger partial charge in [0.25, 0.3) is 0 Å². The molecule has 0 saturated carbocycles. The molecule has 0 saturated heterocycles. The van der Waals surface area contributed by atoms with Gasteiger partial charge in [-0.2, -0.15) is 0 Å². The van der Waals surface area contributed by atoms with E-state index in [1.807, 2.05) is 18.2 Å². The molecule has 1 aromatic carbocycles. The van der Waals surface area contributed by atoms with Gasteiger partial charge in [-0.1, -0.05) is 49.0 Å². The standard InChI is InChI=1S/C11H14OS/c1-9(8-13-10(2)12)11-6-4-3-5-7-11/h3-7,9H,8H2,1-2H3. The fraction of sp³-hybridized carbons (Fsp3) is 0.364. The summed E-state index contributed by atoms with van der Waals surface area (Å²) in [5.41, 5.74) is 1.30. The second-order valence-corrected chi connectivity index (χ2v) is 4.31. The monoisotopic (exact) mass is 194 g/mol. The molecule has 0 aliphatic rings. The van der Waals surface area contributed by atoms with E-state index in [9.17, 15) is 4.79 Å². The van der Waals surface area contributed by atoms with Crippen molar-refractivity contribution >= 4 is 16.9 Å². The van der Waals surface area contributed by atoms with E-state index in [1.54, 1.807) is 6.92 Å². The minimum Gasteiger partial charge on any atom is -0.288 e. The number of carbonyl (C=O) groups excluding carboxylic acids is 1. The van der Waals surface area contributed by atoms with E-state index in [4.69, 9.17) is 0 Å². The minimum absolute atomic E-state index is 0.197. The minimum atomic E-state index is 0.197. The fourth-order valence-electron chi connectivity index (χ4n) is 1.12. The van der Waals surface area contributed by atoms with Crippen LogP contribution in [0.5, 0.6) is 0 Å². The molecule has 0 aliphatic carbocycles. The zero-order valence-electron chi connectivity index (χ0n) is 7.99. The average molecular weight is 194 g/mol. The molecule has 0 fully saturated rings. The molecule has 0 N–H and O–H groups in total. The van der Waals surface area contributed by atoms with E-state index in [0.717, 1.165) is 5.75 Å². The second-order valence-electron chi connectivity index (χ2n) is 3.11. The zero-order chi connectivity index (χ0) is 9.68. The highest BCUT2D eigenvalue weighted by atomic mass is 32.2. The van der Waals surface area contributed by atoms with Crippen LogP contribution in [0.4, 0.5) is 0 Å².